The maximum absolute atomic E-state index is 14.3. The largest absolute Gasteiger partial charge is 0.481 e. The minimum atomic E-state index is -1.16. The van der Waals surface area contributed by atoms with Crippen molar-refractivity contribution in [2.75, 3.05) is 4.90 Å². The predicted octanol–water partition coefficient (Wildman–Crippen LogP) is 4.51. The Morgan fingerprint density at radius 3 is 2.82 bits per heavy atom. The normalized spacial score (nSPS) is 16.2. The maximum atomic E-state index is 14.3. The summed E-state index contributed by atoms with van der Waals surface area (Å²) in [6, 6.07) is 8.07. The van der Waals surface area contributed by atoms with E-state index in [0.29, 0.717) is 16.4 Å². The first kappa shape index (κ1) is 18.9. The number of anilines is 1. The molecule has 1 aliphatic heterocycles. The lowest BCUT2D eigenvalue weighted by Gasteiger charge is -2.33. The lowest BCUT2D eigenvalue weighted by molar-refractivity contribution is -0.142. The first-order chi connectivity index (χ1) is 13.3. The van der Waals surface area contributed by atoms with Gasteiger partial charge >= 0.3 is 5.97 Å². The molecule has 1 unspecified atom stereocenters. The number of ether oxygens (including phenoxy) is 1. The summed E-state index contributed by atoms with van der Waals surface area (Å²) >= 11 is 13.0. The van der Waals surface area contributed by atoms with Gasteiger partial charge in [0, 0.05) is 0 Å². The quantitative estimate of drug-likeness (QED) is 0.603. The number of nitrogens with zero attached hydrogens (tertiary/aromatic N) is 2. The topological polar surface area (TPSA) is 79.7 Å². The van der Waals surface area contributed by atoms with E-state index < -0.39 is 30.2 Å². The van der Waals surface area contributed by atoms with Crippen LogP contribution < -0.4 is 9.64 Å². The van der Waals surface area contributed by atoms with Crippen LogP contribution in [0.3, 0.4) is 0 Å². The van der Waals surface area contributed by atoms with Crippen molar-refractivity contribution in [1.29, 1.82) is 0 Å². The number of carbonyl (C=O) groups excluding carboxylic acids is 1. The second kappa shape index (κ2) is 7.20. The molecule has 3 aromatic rings. The van der Waals surface area contributed by atoms with Crippen LogP contribution in [-0.4, -0.2) is 28.1 Å². The van der Waals surface area contributed by atoms with Crippen LogP contribution in [0, 0.1) is 5.82 Å². The zero-order chi connectivity index (χ0) is 20.0. The van der Waals surface area contributed by atoms with Gasteiger partial charge in [-0.2, -0.15) is 0 Å². The molecule has 1 amide bonds. The lowest BCUT2D eigenvalue weighted by atomic mass is 10.1. The van der Waals surface area contributed by atoms with E-state index in [-0.39, 0.29) is 26.8 Å². The molecule has 28 heavy (non-hydrogen) atoms. The number of amides is 1. The van der Waals surface area contributed by atoms with E-state index >= 15 is 0 Å². The minimum absolute atomic E-state index is 0.0159. The Hall–Kier alpha value is -2.42. The van der Waals surface area contributed by atoms with Crippen LogP contribution >= 0.6 is 34.5 Å². The van der Waals surface area contributed by atoms with Crippen molar-refractivity contribution in [2.24, 2.45) is 0 Å². The van der Waals surface area contributed by atoms with E-state index in [0.717, 1.165) is 11.3 Å². The number of para-hydroxylation sites is 2. The van der Waals surface area contributed by atoms with Crippen molar-refractivity contribution in [2.45, 2.75) is 19.1 Å². The predicted molar refractivity (Wildman–Crippen MR) is 104 cm³/mol. The molecule has 1 atom stereocenters. The second-order valence-corrected chi connectivity index (χ2v) is 7.93. The van der Waals surface area contributed by atoms with Gasteiger partial charge < -0.3 is 9.84 Å². The Morgan fingerprint density at radius 2 is 2.07 bits per heavy atom. The van der Waals surface area contributed by atoms with Crippen molar-refractivity contribution < 1.29 is 23.8 Å². The van der Waals surface area contributed by atoms with Crippen LogP contribution in [0.25, 0.3) is 10.2 Å². The number of rotatable bonds is 4. The van der Waals surface area contributed by atoms with E-state index in [4.69, 9.17) is 33.0 Å². The standard InChI is InChI=1S/C18H11Cl2FN2O4S/c19-8-5-9(20)16-17(15(8)21)28-13(22-16)7-23-10-3-1-2-4-11(10)27-12(18(23)26)6-14(24)25/h1-5,12H,6-7H2,(H,24,25). The van der Waals surface area contributed by atoms with Gasteiger partial charge in [0.15, 0.2) is 11.9 Å². The van der Waals surface area contributed by atoms with Gasteiger partial charge in [-0.05, 0) is 18.2 Å². The highest BCUT2D eigenvalue weighted by Gasteiger charge is 2.36. The molecule has 2 aromatic carbocycles. The highest BCUT2D eigenvalue weighted by molar-refractivity contribution is 7.18. The molecule has 6 nitrogen and oxygen atoms in total. The zero-order valence-electron chi connectivity index (χ0n) is 14.0. The van der Waals surface area contributed by atoms with Gasteiger partial charge in [0.2, 0.25) is 0 Å². The third kappa shape index (κ3) is 3.28. The van der Waals surface area contributed by atoms with Gasteiger partial charge in [0.1, 0.15) is 16.3 Å². The van der Waals surface area contributed by atoms with Gasteiger partial charge in [0.25, 0.3) is 5.91 Å². The Kier molecular flexibility index (Phi) is 4.86. The van der Waals surface area contributed by atoms with Gasteiger partial charge in [0.05, 0.1) is 33.4 Å². The summed E-state index contributed by atoms with van der Waals surface area (Å²) in [5.74, 6) is -1.89. The molecule has 0 fully saturated rings. The molecule has 1 N–H and O–H groups in total. The maximum Gasteiger partial charge on any atom is 0.307 e. The third-order valence-electron chi connectivity index (χ3n) is 4.18. The fraction of sp³-hybridized carbons (Fsp3) is 0.167. The van der Waals surface area contributed by atoms with E-state index in [9.17, 15) is 14.0 Å². The molecular formula is C18H11Cl2FN2O4S. The number of carbonyl (C=O) groups is 2. The Bertz CT molecular complexity index is 1120. The highest BCUT2D eigenvalue weighted by atomic mass is 35.5. The van der Waals surface area contributed by atoms with Gasteiger partial charge in [-0.25, -0.2) is 9.37 Å². The van der Waals surface area contributed by atoms with Crippen LogP contribution in [0.4, 0.5) is 10.1 Å². The third-order valence-corrected chi connectivity index (χ3v) is 5.78. The summed E-state index contributed by atoms with van der Waals surface area (Å²) in [4.78, 5) is 29.6. The summed E-state index contributed by atoms with van der Waals surface area (Å²) in [5, 5.41) is 9.59. The van der Waals surface area contributed by atoms with Crippen LogP contribution in [0.15, 0.2) is 30.3 Å². The van der Waals surface area contributed by atoms with Crippen molar-refractivity contribution in [1.82, 2.24) is 4.98 Å². The van der Waals surface area contributed by atoms with E-state index in [1.54, 1.807) is 24.3 Å². The number of aliphatic carboxylic acids is 1. The number of fused-ring (bicyclic) bond motifs is 2. The number of thiazole rings is 1. The molecule has 0 radical (unpaired) electrons. The van der Waals surface area contributed by atoms with Crippen LogP contribution in [-0.2, 0) is 16.1 Å². The molecular weight excluding hydrogens is 430 g/mol. The second-order valence-electron chi connectivity index (χ2n) is 6.04. The van der Waals surface area contributed by atoms with E-state index in [2.05, 4.69) is 4.98 Å². The van der Waals surface area contributed by atoms with Crippen molar-refractivity contribution >= 4 is 62.3 Å². The van der Waals surface area contributed by atoms with Crippen LogP contribution in [0.5, 0.6) is 5.75 Å². The van der Waals surface area contributed by atoms with Gasteiger partial charge in [-0.1, -0.05) is 35.3 Å². The number of carboxylic acid groups (broad SMARTS) is 1. The monoisotopic (exact) mass is 440 g/mol. The van der Waals surface area contributed by atoms with Crippen LogP contribution in [0.1, 0.15) is 11.4 Å². The minimum Gasteiger partial charge on any atom is -0.481 e. The molecule has 0 saturated carbocycles. The molecule has 4 rings (SSSR count). The number of aromatic nitrogens is 1. The Labute approximate surface area is 172 Å². The average Bonchev–Trinajstić information content (AvgIpc) is 3.07. The highest BCUT2D eigenvalue weighted by Crippen LogP contribution is 2.38. The van der Waals surface area contributed by atoms with Gasteiger partial charge in [-0.15, -0.1) is 11.3 Å². The van der Waals surface area contributed by atoms with Crippen molar-refractivity contribution in [3.8, 4) is 5.75 Å². The molecule has 10 heteroatoms. The molecule has 144 valence electrons. The van der Waals surface area contributed by atoms with Crippen molar-refractivity contribution in [3.05, 3.63) is 51.2 Å². The Morgan fingerprint density at radius 1 is 1.32 bits per heavy atom. The Balaban J connectivity index is 1.74. The SMILES string of the molecule is O=C(O)CC1Oc2ccccc2N(Cc2nc3c(Cl)cc(Cl)c(F)c3s2)C1=O. The molecule has 1 aliphatic rings. The molecule has 0 aliphatic carbocycles. The lowest BCUT2D eigenvalue weighted by Crippen LogP contribution is -2.46. The number of carboxylic acids is 1. The number of benzene rings is 2. The van der Waals surface area contributed by atoms with E-state index in [1.807, 2.05) is 0 Å². The first-order valence-corrected chi connectivity index (χ1v) is 9.64. The molecule has 0 bridgehead atoms. The summed E-state index contributed by atoms with van der Waals surface area (Å²) in [6.07, 6.45) is -1.63. The van der Waals surface area contributed by atoms with Crippen LogP contribution in [0.2, 0.25) is 10.0 Å². The molecule has 0 saturated heterocycles. The number of hydrogen-bond donors (Lipinski definition) is 1. The fourth-order valence-corrected chi connectivity index (χ4v) is 4.59. The zero-order valence-corrected chi connectivity index (χ0v) is 16.3. The summed E-state index contributed by atoms with van der Waals surface area (Å²) in [5.41, 5.74) is 0.748. The molecule has 1 aromatic heterocycles. The summed E-state index contributed by atoms with van der Waals surface area (Å²) in [6.45, 7) is 0.0159. The average molecular weight is 441 g/mol. The van der Waals surface area contributed by atoms with Gasteiger partial charge in [-0.3, -0.25) is 14.5 Å². The number of halogens is 3. The smallest absolute Gasteiger partial charge is 0.307 e. The molecule has 0 spiro atoms. The van der Waals surface area contributed by atoms with E-state index in [1.165, 1.54) is 11.0 Å². The van der Waals surface area contributed by atoms with Crippen molar-refractivity contribution in [3.63, 3.8) is 0 Å². The first-order valence-electron chi connectivity index (χ1n) is 8.07. The number of hydrogen-bond acceptors (Lipinski definition) is 5. The molecule has 2 heterocycles. The summed E-state index contributed by atoms with van der Waals surface area (Å²) < 4.78 is 20.1. The summed E-state index contributed by atoms with van der Waals surface area (Å²) in [7, 11) is 0. The fourth-order valence-electron chi connectivity index (χ4n) is 2.96.